The Morgan fingerprint density at radius 3 is 1.53 bits per heavy atom. The molecule has 0 fully saturated rings. The van der Waals surface area contributed by atoms with E-state index >= 15 is 0 Å². The number of rotatable bonds is 21. The second-order valence-corrected chi connectivity index (χ2v) is 9.85. The summed E-state index contributed by atoms with van der Waals surface area (Å²) in [5.74, 6) is 2.13. The second kappa shape index (κ2) is 18.9. The van der Waals surface area contributed by atoms with Crippen LogP contribution >= 0.6 is 0 Å². The van der Waals surface area contributed by atoms with E-state index in [1.54, 1.807) is 0 Å². The van der Waals surface area contributed by atoms with Crippen LogP contribution in [0, 0.1) is 0 Å². The van der Waals surface area contributed by atoms with Crippen molar-refractivity contribution < 1.29 is 4.57 Å². The molecule has 0 aliphatic rings. The molecule has 176 valence electrons. The van der Waals surface area contributed by atoms with Crippen LogP contribution in [-0.4, -0.2) is 4.57 Å². The van der Waals surface area contributed by atoms with E-state index in [0.29, 0.717) is 5.92 Å². The van der Waals surface area contributed by atoms with Gasteiger partial charge in [0.1, 0.15) is 12.4 Å². The first kappa shape index (κ1) is 27.2. The van der Waals surface area contributed by atoms with Crippen molar-refractivity contribution in [2.45, 2.75) is 162 Å². The average molecular weight is 420 g/mol. The first-order chi connectivity index (χ1) is 14.7. The van der Waals surface area contributed by atoms with Gasteiger partial charge in [-0.2, -0.15) is 0 Å². The van der Waals surface area contributed by atoms with E-state index in [2.05, 4.69) is 49.2 Å². The highest BCUT2D eigenvalue weighted by atomic mass is 15.1. The maximum absolute atomic E-state index is 2.53. The number of hydrogen-bond donors (Lipinski definition) is 0. The van der Waals surface area contributed by atoms with Crippen molar-refractivity contribution in [2.75, 3.05) is 0 Å². The summed E-state index contributed by atoms with van der Waals surface area (Å²) >= 11 is 0. The molecule has 0 saturated carbocycles. The molecule has 1 heterocycles. The monoisotopic (exact) mass is 419 g/mol. The first-order valence-electron chi connectivity index (χ1n) is 13.8. The molecule has 0 spiro atoms. The van der Waals surface area contributed by atoms with Crippen LogP contribution in [0.25, 0.3) is 0 Å². The molecule has 1 rings (SSSR count). The number of nitrogens with zero attached hydrogens (tertiary/aromatic N) is 2. The topological polar surface area (TPSA) is 8.81 Å². The minimum atomic E-state index is 0.609. The Kier molecular flexibility index (Phi) is 17.2. The van der Waals surface area contributed by atoms with Gasteiger partial charge in [0.15, 0.2) is 0 Å². The summed E-state index contributed by atoms with van der Waals surface area (Å²) in [6, 6.07) is 0. The lowest BCUT2D eigenvalue weighted by Gasteiger charge is -2.08. The van der Waals surface area contributed by atoms with Gasteiger partial charge in [0.2, 0.25) is 0 Å². The van der Waals surface area contributed by atoms with Crippen molar-refractivity contribution in [1.29, 1.82) is 0 Å². The molecule has 0 unspecified atom stereocenters. The Hall–Kier alpha value is -0.790. The zero-order chi connectivity index (χ0) is 21.9. The minimum absolute atomic E-state index is 0.609. The van der Waals surface area contributed by atoms with Gasteiger partial charge >= 0.3 is 0 Å². The van der Waals surface area contributed by atoms with Crippen LogP contribution in [0.5, 0.6) is 0 Å². The molecule has 1 aromatic heterocycles. The summed E-state index contributed by atoms with van der Waals surface area (Å²) in [6.07, 6.45) is 30.2. The third-order valence-electron chi connectivity index (χ3n) is 6.54. The molecule has 0 radical (unpaired) electrons. The molecular weight excluding hydrogens is 364 g/mol. The van der Waals surface area contributed by atoms with Crippen LogP contribution in [-0.2, 0) is 13.1 Å². The Balaban J connectivity index is 2.01. The van der Waals surface area contributed by atoms with E-state index in [-0.39, 0.29) is 0 Å². The van der Waals surface area contributed by atoms with Gasteiger partial charge in [-0.3, -0.25) is 0 Å². The SMILES string of the molecule is CCCCCCCCCCCCCCCCC[n+]1ccn(CCCCC)c1C(C)C. The minimum Gasteiger partial charge on any atom is -0.234 e. The van der Waals surface area contributed by atoms with Crippen molar-refractivity contribution in [1.82, 2.24) is 4.57 Å². The van der Waals surface area contributed by atoms with Crippen molar-refractivity contribution in [3.63, 3.8) is 0 Å². The van der Waals surface area contributed by atoms with E-state index in [9.17, 15) is 0 Å². The maximum atomic E-state index is 2.53. The van der Waals surface area contributed by atoms with Gasteiger partial charge < -0.3 is 0 Å². The largest absolute Gasteiger partial charge is 0.258 e. The maximum Gasteiger partial charge on any atom is 0.258 e. The van der Waals surface area contributed by atoms with Crippen LogP contribution in [0.15, 0.2) is 12.4 Å². The van der Waals surface area contributed by atoms with Crippen molar-refractivity contribution in [3.05, 3.63) is 18.2 Å². The second-order valence-electron chi connectivity index (χ2n) is 9.85. The number of imidazole rings is 1. The number of aromatic nitrogens is 2. The van der Waals surface area contributed by atoms with Gasteiger partial charge in [0, 0.05) is 0 Å². The van der Waals surface area contributed by atoms with Crippen LogP contribution in [0.3, 0.4) is 0 Å². The molecule has 0 aromatic carbocycles. The van der Waals surface area contributed by atoms with Crippen LogP contribution in [0.4, 0.5) is 0 Å². The van der Waals surface area contributed by atoms with Crippen molar-refractivity contribution in [3.8, 4) is 0 Å². The molecule has 0 atom stereocenters. The van der Waals surface area contributed by atoms with Crippen molar-refractivity contribution >= 4 is 0 Å². The predicted molar refractivity (Wildman–Crippen MR) is 133 cm³/mol. The normalized spacial score (nSPS) is 11.6. The molecule has 0 aliphatic heterocycles. The molecule has 0 aliphatic carbocycles. The molecule has 1 aromatic rings. The fraction of sp³-hybridized carbons (Fsp3) is 0.893. The van der Waals surface area contributed by atoms with E-state index < -0.39 is 0 Å². The van der Waals surface area contributed by atoms with Gasteiger partial charge in [-0.15, -0.1) is 0 Å². The van der Waals surface area contributed by atoms with Gasteiger partial charge in [-0.25, -0.2) is 9.13 Å². The van der Waals surface area contributed by atoms with E-state index in [1.807, 2.05) is 0 Å². The summed E-state index contributed by atoms with van der Waals surface area (Å²) in [4.78, 5) is 0. The van der Waals surface area contributed by atoms with Crippen molar-refractivity contribution in [2.24, 2.45) is 0 Å². The Labute approximate surface area is 189 Å². The summed E-state index contributed by atoms with van der Waals surface area (Å²) in [5, 5.41) is 0. The summed E-state index contributed by atoms with van der Waals surface area (Å²) in [7, 11) is 0. The van der Waals surface area contributed by atoms with Crippen LogP contribution in [0.1, 0.15) is 155 Å². The van der Waals surface area contributed by atoms with E-state index in [4.69, 9.17) is 0 Å². The third kappa shape index (κ3) is 12.8. The molecule has 2 heteroatoms. The van der Waals surface area contributed by atoms with Crippen LogP contribution < -0.4 is 4.57 Å². The highest BCUT2D eigenvalue weighted by Gasteiger charge is 2.19. The van der Waals surface area contributed by atoms with Crippen LogP contribution in [0.2, 0.25) is 0 Å². The summed E-state index contributed by atoms with van der Waals surface area (Å²) < 4.78 is 5.03. The van der Waals surface area contributed by atoms with Gasteiger partial charge in [0.25, 0.3) is 5.82 Å². The highest BCUT2D eigenvalue weighted by molar-refractivity contribution is 4.89. The Bertz CT molecular complexity index is 489. The lowest BCUT2D eigenvalue weighted by molar-refractivity contribution is -0.705. The molecular formula is C28H55N2+. The molecule has 0 saturated heterocycles. The predicted octanol–water partition coefficient (Wildman–Crippen LogP) is 8.96. The molecule has 0 bridgehead atoms. The summed E-state index contributed by atoms with van der Waals surface area (Å²) in [6.45, 7) is 11.7. The fourth-order valence-corrected chi connectivity index (χ4v) is 4.71. The lowest BCUT2D eigenvalue weighted by Crippen LogP contribution is -2.38. The Morgan fingerprint density at radius 2 is 1.07 bits per heavy atom. The average Bonchev–Trinajstić information content (AvgIpc) is 3.14. The first-order valence-corrected chi connectivity index (χ1v) is 13.8. The molecule has 30 heavy (non-hydrogen) atoms. The van der Waals surface area contributed by atoms with Gasteiger partial charge in [-0.05, 0) is 25.7 Å². The standard InChI is InChI=1S/C28H55N2/c1-5-7-9-10-11-12-13-14-15-16-17-18-19-20-22-24-30-26-25-29(23-21-8-6-2)28(30)27(3)4/h25-27H,5-24H2,1-4H3/q+1. The fourth-order valence-electron chi connectivity index (χ4n) is 4.71. The van der Waals surface area contributed by atoms with E-state index in [0.717, 1.165) is 0 Å². The quantitative estimate of drug-likeness (QED) is 0.139. The smallest absolute Gasteiger partial charge is 0.234 e. The number of hydrogen-bond acceptors (Lipinski definition) is 0. The van der Waals surface area contributed by atoms with Gasteiger partial charge in [-0.1, -0.05) is 118 Å². The zero-order valence-corrected chi connectivity index (χ0v) is 21.3. The number of unbranched alkanes of at least 4 members (excludes halogenated alkanes) is 16. The summed E-state index contributed by atoms with van der Waals surface area (Å²) in [5.41, 5.74) is 0. The van der Waals surface area contributed by atoms with Gasteiger partial charge in [0.05, 0.1) is 19.0 Å². The number of aryl methyl sites for hydroxylation is 2. The third-order valence-corrected chi connectivity index (χ3v) is 6.54. The van der Waals surface area contributed by atoms with E-state index in [1.165, 1.54) is 134 Å². The highest BCUT2D eigenvalue weighted by Crippen LogP contribution is 2.15. The molecule has 2 nitrogen and oxygen atoms in total. The molecule has 0 N–H and O–H groups in total. The lowest BCUT2D eigenvalue weighted by atomic mass is 10.0. The Morgan fingerprint density at radius 1 is 0.633 bits per heavy atom. The molecule has 0 amide bonds. The zero-order valence-electron chi connectivity index (χ0n) is 21.3.